The van der Waals surface area contributed by atoms with Gasteiger partial charge in [-0.05, 0) is 37.8 Å². The Kier molecular flexibility index (Phi) is 7.15. The maximum Gasteiger partial charge on any atom is 0.308 e. The number of amides is 2. The number of rotatable bonds is 7. The molecular weight excluding hydrogens is 376 g/mol. The quantitative estimate of drug-likeness (QED) is 0.703. The van der Waals surface area contributed by atoms with Gasteiger partial charge in [0.1, 0.15) is 0 Å². The molecule has 0 saturated carbocycles. The summed E-state index contributed by atoms with van der Waals surface area (Å²) in [7, 11) is 0. The summed E-state index contributed by atoms with van der Waals surface area (Å²) in [5, 5.41) is 2.91. The van der Waals surface area contributed by atoms with Gasteiger partial charge in [0.05, 0.1) is 17.9 Å². The number of carbonyl (C=O) groups excluding carboxylic acids is 3. The van der Waals surface area contributed by atoms with Crippen LogP contribution in [-0.2, 0) is 19.1 Å². The smallest absolute Gasteiger partial charge is 0.308 e. The van der Waals surface area contributed by atoms with Gasteiger partial charge in [0.2, 0.25) is 5.91 Å². The zero-order valence-electron chi connectivity index (χ0n) is 17.3. The second kappa shape index (κ2) is 8.99. The number of thioether (sulfide) groups is 1. The van der Waals surface area contributed by atoms with Gasteiger partial charge in [-0.2, -0.15) is 0 Å². The summed E-state index contributed by atoms with van der Waals surface area (Å²) in [4.78, 5) is 39.0. The van der Waals surface area contributed by atoms with Crippen LogP contribution in [0, 0.1) is 5.41 Å². The van der Waals surface area contributed by atoms with Crippen molar-refractivity contribution in [2.45, 2.75) is 57.9 Å². The van der Waals surface area contributed by atoms with E-state index in [-0.39, 0.29) is 42.3 Å². The molecule has 2 amide bonds. The summed E-state index contributed by atoms with van der Waals surface area (Å²) < 4.78 is 5.10. The molecule has 0 radical (unpaired) electrons. The molecule has 1 aliphatic rings. The number of carbonyl (C=O) groups is 3. The van der Waals surface area contributed by atoms with Crippen molar-refractivity contribution in [2.75, 3.05) is 23.8 Å². The molecule has 0 aliphatic carbocycles. The van der Waals surface area contributed by atoms with E-state index in [1.165, 1.54) is 11.8 Å². The second-order valence-electron chi connectivity index (χ2n) is 8.88. The summed E-state index contributed by atoms with van der Waals surface area (Å²) in [6, 6.07) is 7.62. The fourth-order valence-electron chi connectivity index (χ4n) is 3.60. The Bertz CT molecular complexity index is 740. The van der Waals surface area contributed by atoms with Gasteiger partial charge in [0, 0.05) is 17.0 Å². The molecule has 2 rings (SSSR count). The van der Waals surface area contributed by atoms with Crippen LogP contribution in [-0.4, -0.2) is 42.2 Å². The zero-order valence-corrected chi connectivity index (χ0v) is 18.1. The first-order valence-corrected chi connectivity index (χ1v) is 10.4. The van der Waals surface area contributed by atoms with Gasteiger partial charge >= 0.3 is 5.97 Å². The summed E-state index contributed by atoms with van der Waals surface area (Å²) in [6.07, 6.45) is 0.845. The Labute approximate surface area is 171 Å². The highest BCUT2D eigenvalue weighted by Crippen LogP contribution is 2.34. The molecule has 1 N–H and O–H groups in total. The van der Waals surface area contributed by atoms with Crippen LogP contribution in [0.25, 0.3) is 0 Å². The van der Waals surface area contributed by atoms with Gasteiger partial charge in [-0.25, -0.2) is 0 Å². The molecule has 6 nitrogen and oxygen atoms in total. The SMILES string of the molecule is CC(C)(C)CC(C)(C)NC(=O)COC(=O)CCN1C(=O)CSc2ccccc21. The average Bonchev–Trinajstić information content (AvgIpc) is 2.56. The van der Waals surface area contributed by atoms with Crippen LogP contribution in [0.5, 0.6) is 0 Å². The number of nitrogens with one attached hydrogen (secondary N) is 1. The standard InChI is InChI=1S/C21H30N2O4S/c1-20(2,3)14-21(4,5)22-17(24)12-27-19(26)10-11-23-15-8-6-7-9-16(15)28-13-18(23)25/h6-9H,10-14H2,1-5H3,(H,22,24). The number of anilines is 1. The van der Waals surface area contributed by atoms with E-state index >= 15 is 0 Å². The molecule has 0 atom stereocenters. The molecule has 0 aromatic heterocycles. The van der Waals surface area contributed by atoms with E-state index in [2.05, 4.69) is 26.1 Å². The molecule has 0 unspecified atom stereocenters. The average molecular weight is 407 g/mol. The van der Waals surface area contributed by atoms with Crippen molar-refractivity contribution in [1.82, 2.24) is 5.32 Å². The molecule has 1 aromatic rings. The molecule has 1 heterocycles. The van der Waals surface area contributed by atoms with Crippen LogP contribution in [0.15, 0.2) is 29.2 Å². The number of para-hydroxylation sites is 1. The zero-order chi connectivity index (χ0) is 20.9. The maximum atomic E-state index is 12.2. The third-order valence-corrected chi connectivity index (χ3v) is 5.21. The van der Waals surface area contributed by atoms with Crippen molar-refractivity contribution in [3.63, 3.8) is 0 Å². The normalized spacial score (nSPS) is 14.5. The van der Waals surface area contributed by atoms with Crippen LogP contribution >= 0.6 is 11.8 Å². The highest BCUT2D eigenvalue weighted by atomic mass is 32.2. The lowest BCUT2D eigenvalue weighted by atomic mass is 9.82. The Morgan fingerprint density at radius 1 is 1.18 bits per heavy atom. The van der Waals surface area contributed by atoms with E-state index < -0.39 is 5.97 Å². The van der Waals surface area contributed by atoms with Gasteiger partial charge in [-0.1, -0.05) is 32.9 Å². The van der Waals surface area contributed by atoms with Crippen molar-refractivity contribution in [1.29, 1.82) is 0 Å². The number of hydrogen-bond acceptors (Lipinski definition) is 5. The third-order valence-electron chi connectivity index (χ3n) is 4.16. The molecule has 154 valence electrons. The van der Waals surface area contributed by atoms with Crippen LogP contribution < -0.4 is 10.2 Å². The van der Waals surface area contributed by atoms with E-state index in [1.54, 1.807) is 4.90 Å². The molecular formula is C21H30N2O4S. The fourth-order valence-corrected chi connectivity index (χ4v) is 4.54. The highest BCUT2D eigenvalue weighted by molar-refractivity contribution is 8.00. The van der Waals surface area contributed by atoms with Crippen LogP contribution in [0.3, 0.4) is 0 Å². The molecule has 0 saturated heterocycles. The summed E-state index contributed by atoms with van der Waals surface area (Å²) in [5.41, 5.74) is 0.505. The predicted octanol–water partition coefficient (Wildman–Crippen LogP) is 3.39. The second-order valence-corrected chi connectivity index (χ2v) is 9.90. The first kappa shape index (κ1) is 22.3. The lowest BCUT2D eigenvalue weighted by molar-refractivity contribution is -0.148. The summed E-state index contributed by atoms with van der Waals surface area (Å²) in [5.74, 6) is -0.485. The van der Waals surface area contributed by atoms with Crippen LogP contribution in [0.1, 0.15) is 47.5 Å². The van der Waals surface area contributed by atoms with Crippen LogP contribution in [0.2, 0.25) is 0 Å². The maximum absolute atomic E-state index is 12.2. The Balaban J connectivity index is 1.80. The van der Waals surface area contributed by atoms with E-state index in [9.17, 15) is 14.4 Å². The minimum Gasteiger partial charge on any atom is -0.456 e. The van der Waals surface area contributed by atoms with E-state index in [0.717, 1.165) is 17.0 Å². The molecule has 7 heteroatoms. The first-order chi connectivity index (χ1) is 13.0. The van der Waals surface area contributed by atoms with Crippen molar-refractivity contribution in [3.8, 4) is 0 Å². The van der Waals surface area contributed by atoms with Crippen molar-refractivity contribution in [3.05, 3.63) is 24.3 Å². The molecule has 0 fully saturated rings. The van der Waals surface area contributed by atoms with E-state index in [1.807, 2.05) is 38.1 Å². The van der Waals surface area contributed by atoms with Crippen molar-refractivity contribution in [2.24, 2.45) is 5.41 Å². The lowest BCUT2D eigenvalue weighted by Crippen LogP contribution is -2.47. The molecule has 0 spiro atoms. The largest absolute Gasteiger partial charge is 0.456 e. The highest BCUT2D eigenvalue weighted by Gasteiger charge is 2.28. The lowest BCUT2D eigenvalue weighted by Gasteiger charge is -2.33. The van der Waals surface area contributed by atoms with Gasteiger partial charge in [0.25, 0.3) is 5.91 Å². The number of benzene rings is 1. The monoisotopic (exact) mass is 406 g/mol. The Morgan fingerprint density at radius 3 is 2.54 bits per heavy atom. The third kappa shape index (κ3) is 6.86. The number of fused-ring (bicyclic) bond motifs is 1. The number of esters is 1. The minimum absolute atomic E-state index is 0.0295. The van der Waals surface area contributed by atoms with Crippen molar-refractivity contribution >= 4 is 35.2 Å². The van der Waals surface area contributed by atoms with Gasteiger partial charge in [-0.15, -0.1) is 11.8 Å². The number of nitrogens with zero attached hydrogens (tertiary/aromatic N) is 1. The van der Waals surface area contributed by atoms with Gasteiger partial charge in [0.15, 0.2) is 6.61 Å². The van der Waals surface area contributed by atoms with E-state index in [0.29, 0.717) is 5.75 Å². The topological polar surface area (TPSA) is 75.7 Å². The Hall–Kier alpha value is -2.02. The molecule has 1 aromatic carbocycles. The summed E-state index contributed by atoms with van der Waals surface area (Å²) in [6.45, 7) is 10.2. The summed E-state index contributed by atoms with van der Waals surface area (Å²) >= 11 is 1.50. The fraction of sp³-hybridized carbons (Fsp3) is 0.571. The van der Waals surface area contributed by atoms with Gasteiger partial charge < -0.3 is 15.0 Å². The number of hydrogen-bond donors (Lipinski definition) is 1. The van der Waals surface area contributed by atoms with Crippen LogP contribution in [0.4, 0.5) is 5.69 Å². The van der Waals surface area contributed by atoms with E-state index in [4.69, 9.17) is 4.74 Å². The molecule has 1 aliphatic heterocycles. The first-order valence-electron chi connectivity index (χ1n) is 9.46. The Morgan fingerprint density at radius 2 is 1.86 bits per heavy atom. The van der Waals surface area contributed by atoms with Crippen molar-refractivity contribution < 1.29 is 19.1 Å². The molecule has 0 bridgehead atoms. The van der Waals surface area contributed by atoms with Gasteiger partial charge in [-0.3, -0.25) is 14.4 Å². The predicted molar refractivity (Wildman–Crippen MR) is 111 cm³/mol. The minimum atomic E-state index is -0.493. The molecule has 28 heavy (non-hydrogen) atoms. The number of ether oxygens (including phenoxy) is 1.